The molecule has 1 aromatic carbocycles. The smallest absolute Gasteiger partial charge is 0.124 e. The minimum absolute atomic E-state index is 0.161. The standard InChI is InChI=1S/C14H18ClFO2/c1-18-14(5-2-6-14)9-12(17)7-10-3-4-11(16)8-13(10)15/h3-4,8,12,17H,2,5-7,9H2,1H3. The van der Waals surface area contributed by atoms with Gasteiger partial charge in [-0.2, -0.15) is 0 Å². The van der Waals surface area contributed by atoms with Gasteiger partial charge in [0.15, 0.2) is 0 Å². The third-order valence-corrected chi connectivity index (χ3v) is 4.13. The molecule has 1 atom stereocenters. The molecule has 0 heterocycles. The molecule has 1 aliphatic rings. The van der Waals surface area contributed by atoms with Gasteiger partial charge in [0.1, 0.15) is 5.82 Å². The molecule has 1 unspecified atom stereocenters. The molecule has 0 aliphatic heterocycles. The van der Waals surface area contributed by atoms with E-state index in [2.05, 4.69) is 0 Å². The van der Waals surface area contributed by atoms with Crippen LogP contribution < -0.4 is 0 Å². The maximum absolute atomic E-state index is 12.9. The molecule has 0 saturated heterocycles. The van der Waals surface area contributed by atoms with Crippen molar-refractivity contribution < 1.29 is 14.2 Å². The normalized spacial score (nSPS) is 19.3. The monoisotopic (exact) mass is 272 g/mol. The molecule has 0 radical (unpaired) electrons. The first-order chi connectivity index (χ1) is 8.54. The minimum Gasteiger partial charge on any atom is -0.393 e. The summed E-state index contributed by atoms with van der Waals surface area (Å²) in [4.78, 5) is 0. The fourth-order valence-electron chi connectivity index (χ4n) is 2.51. The van der Waals surface area contributed by atoms with E-state index in [1.54, 1.807) is 13.2 Å². The Hall–Kier alpha value is -0.640. The van der Waals surface area contributed by atoms with Crippen molar-refractivity contribution in [2.24, 2.45) is 0 Å². The highest BCUT2D eigenvalue weighted by Gasteiger charge is 2.38. The van der Waals surface area contributed by atoms with Crippen LogP contribution in [-0.4, -0.2) is 23.9 Å². The number of aliphatic hydroxyl groups excluding tert-OH is 1. The van der Waals surface area contributed by atoms with Gasteiger partial charge in [0, 0.05) is 18.6 Å². The summed E-state index contributed by atoms with van der Waals surface area (Å²) in [6.07, 6.45) is 3.68. The summed E-state index contributed by atoms with van der Waals surface area (Å²) in [7, 11) is 1.69. The molecular weight excluding hydrogens is 255 g/mol. The predicted octanol–water partition coefficient (Wildman–Crippen LogP) is 3.34. The van der Waals surface area contributed by atoms with Gasteiger partial charge in [0.2, 0.25) is 0 Å². The van der Waals surface area contributed by atoms with Crippen molar-refractivity contribution in [2.45, 2.75) is 43.8 Å². The molecule has 1 fully saturated rings. The Morgan fingerprint density at radius 2 is 2.22 bits per heavy atom. The van der Waals surface area contributed by atoms with Crippen LogP contribution in [0.1, 0.15) is 31.2 Å². The topological polar surface area (TPSA) is 29.5 Å². The van der Waals surface area contributed by atoms with E-state index in [1.807, 2.05) is 0 Å². The van der Waals surface area contributed by atoms with Crippen LogP contribution in [0, 0.1) is 5.82 Å². The van der Waals surface area contributed by atoms with Crippen LogP contribution in [0.4, 0.5) is 4.39 Å². The van der Waals surface area contributed by atoms with E-state index in [4.69, 9.17) is 16.3 Å². The molecule has 1 aromatic rings. The molecule has 2 nitrogen and oxygen atoms in total. The Bertz CT molecular complexity index is 413. The van der Waals surface area contributed by atoms with Gasteiger partial charge in [-0.1, -0.05) is 17.7 Å². The van der Waals surface area contributed by atoms with E-state index in [-0.39, 0.29) is 11.4 Å². The van der Waals surface area contributed by atoms with Crippen LogP contribution in [0.3, 0.4) is 0 Å². The zero-order chi connectivity index (χ0) is 13.2. The Morgan fingerprint density at radius 3 is 2.72 bits per heavy atom. The molecular formula is C14H18ClFO2. The summed E-state index contributed by atoms with van der Waals surface area (Å²) in [6.45, 7) is 0. The molecule has 0 spiro atoms. The second-order valence-electron chi connectivity index (χ2n) is 5.04. The van der Waals surface area contributed by atoms with E-state index in [1.165, 1.54) is 12.1 Å². The zero-order valence-electron chi connectivity index (χ0n) is 10.5. The molecule has 18 heavy (non-hydrogen) atoms. The summed E-state index contributed by atoms with van der Waals surface area (Å²) in [5.74, 6) is -0.356. The molecule has 0 amide bonds. The largest absolute Gasteiger partial charge is 0.393 e. The predicted molar refractivity (Wildman–Crippen MR) is 69.3 cm³/mol. The zero-order valence-corrected chi connectivity index (χ0v) is 11.2. The van der Waals surface area contributed by atoms with E-state index in [9.17, 15) is 9.50 Å². The summed E-state index contributed by atoms with van der Waals surface area (Å²) >= 11 is 5.94. The lowest BCUT2D eigenvalue weighted by Crippen LogP contribution is -2.42. The van der Waals surface area contributed by atoms with Gasteiger partial charge < -0.3 is 9.84 Å². The van der Waals surface area contributed by atoms with Crippen LogP contribution in [-0.2, 0) is 11.2 Å². The SMILES string of the molecule is COC1(CC(O)Cc2ccc(F)cc2Cl)CCC1. The van der Waals surface area contributed by atoms with Crippen LogP contribution in [0.15, 0.2) is 18.2 Å². The van der Waals surface area contributed by atoms with Crippen molar-refractivity contribution in [3.05, 3.63) is 34.6 Å². The van der Waals surface area contributed by atoms with Gasteiger partial charge in [0.25, 0.3) is 0 Å². The van der Waals surface area contributed by atoms with Crippen molar-refractivity contribution in [1.82, 2.24) is 0 Å². The first-order valence-corrected chi connectivity index (χ1v) is 6.60. The van der Waals surface area contributed by atoms with E-state index in [0.29, 0.717) is 17.9 Å². The molecule has 1 aliphatic carbocycles. The quantitative estimate of drug-likeness (QED) is 0.891. The highest BCUT2D eigenvalue weighted by molar-refractivity contribution is 6.31. The Morgan fingerprint density at radius 1 is 1.50 bits per heavy atom. The van der Waals surface area contributed by atoms with Gasteiger partial charge in [-0.25, -0.2) is 4.39 Å². The molecule has 1 N–H and O–H groups in total. The van der Waals surface area contributed by atoms with Gasteiger partial charge in [0.05, 0.1) is 11.7 Å². The van der Waals surface area contributed by atoms with Gasteiger partial charge in [-0.05, 0) is 43.4 Å². The van der Waals surface area contributed by atoms with Crippen molar-refractivity contribution in [3.63, 3.8) is 0 Å². The number of ether oxygens (including phenoxy) is 1. The molecule has 4 heteroatoms. The Kier molecular flexibility index (Phi) is 4.25. The van der Waals surface area contributed by atoms with Crippen molar-refractivity contribution >= 4 is 11.6 Å². The van der Waals surface area contributed by atoms with Crippen LogP contribution >= 0.6 is 11.6 Å². The van der Waals surface area contributed by atoms with Crippen molar-refractivity contribution in [1.29, 1.82) is 0 Å². The number of hydrogen-bond acceptors (Lipinski definition) is 2. The molecule has 2 rings (SSSR count). The van der Waals surface area contributed by atoms with Crippen molar-refractivity contribution in [3.8, 4) is 0 Å². The second kappa shape index (κ2) is 5.55. The highest BCUT2D eigenvalue weighted by atomic mass is 35.5. The number of rotatable bonds is 5. The van der Waals surface area contributed by atoms with Crippen LogP contribution in [0.2, 0.25) is 5.02 Å². The number of aliphatic hydroxyl groups is 1. The third-order valence-electron chi connectivity index (χ3n) is 3.78. The van der Waals surface area contributed by atoms with E-state index < -0.39 is 6.10 Å². The maximum Gasteiger partial charge on any atom is 0.124 e. The Labute approximate surface area is 112 Å². The van der Waals surface area contributed by atoms with Gasteiger partial charge >= 0.3 is 0 Å². The first-order valence-electron chi connectivity index (χ1n) is 6.22. The fourth-order valence-corrected chi connectivity index (χ4v) is 2.75. The molecule has 100 valence electrons. The fraction of sp³-hybridized carbons (Fsp3) is 0.571. The second-order valence-corrected chi connectivity index (χ2v) is 5.45. The number of hydrogen-bond donors (Lipinski definition) is 1. The lowest BCUT2D eigenvalue weighted by atomic mass is 9.75. The molecule has 0 aromatic heterocycles. The number of methoxy groups -OCH3 is 1. The molecule has 0 bridgehead atoms. The van der Waals surface area contributed by atoms with Gasteiger partial charge in [-0.3, -0.25) is 0 Å². The average molecular weight is 273 g/mol. The van der Waals surface area contributed by atoms with Crippen LogP contribution in [0.25, 0.3) is 0 Å². The summed E-state index contributed by atoms with van der Waals surface area (Å²) in [6, 6.07) is 4.27. The minimum atomic E-state index is -0.506. The third kappa shape index (κ3) is 3.02. The first kappa shape index (κ1) is 13.8. The van der Waals surface area contributed by atoms with E-state index in [0.717, 1.165) is 24.8 Å². The summed E-state index contributed by atoms with van der Waals surface area (Å²) < 4.78 is 18.4. The maximum atomic E-state index is 12.9. The highest BCUT2D eigenvalue weighted by Crippen LogP contribution is 2.39. The summed E-state index contributed by atoms with van der Waals surface area (Å²) in [5, 5.41) is 10.5. The van der Waals surface area contributed by atoms with Gasteiger partial charge in [-0.15, -0.1) is 0 Å². The van der Waals surface area contributed by atoms with Crippen LogP contribution in [0.5, 0.6) is 0 Å². The molecule has 1 saturated carbocycles. The number of halogens is 2. The van der Waals surface area contributed by atoms with E-state index >= 15 is 0 Å². The Balaban J connectivity index is 1.96. The summed E-state index contributed by atoms with van der Waals surface area (Å²) in [5.41, 5.74) is 0.613. The van der Waals surface area contributed by atoms with Crippen molar-refractivity contribution in [2.75, 3.05) is 7.11 Å². The lowest BCUT2D eigenvalue weighted by Gasteiger charge is -2.41. The average Bonchev–Trinajstić information content (AvgIpc) is 2.27. The number of benzene rings is 1. The lowest BCUT2D eigenvalue weighted by molar-refractivity contribution is -0.0989.